The molecule has 0 aliphatic rings. The number of benzene rings is 1. The molecule has 0 atom stereocenters. The van der Waals surface area contributed by atoms with E-state index in [9.17, 15) is 23.2 Å². The van der Waals surface area contributed by atoms with Crippen molar-refractivity contribution in [3.05, 3.63) is 47.4 Å². The normalized spacial score (nSPS) is 10.4. The minimum absolute atomic E-state index is 0.00118. The Labute approximate surface area is 162 Å². The summed E-state index contributed by atoms with van der Waals surface area (Å²) in [5.74, 6) is -1.97. The third-order valence-corrected chi connectivity index (χ3v) is 3.45. The van der Waals surface area contributed by atoms with Gasteiger partial charge in [0.15, 0.2) is 12.4 Å². The van der Waals surface area contributed by atoms with E-state index in [2.05, 4.69) is 15.4 Å². The summed E-state index contributed by atoms with van der Waals surface area (Å²) in [7, 11) is 0. The second kappa shape index (κ2) is 10.3. The van der Waals surface area contributed by atoms with Gasteiger partial charge in [0, 0.05) is 12.2 Å². The first-order chi connectivity index (χ1) is 13.3. The summed E-state index contributed by atoms with van der Waals surface area (Å²) < 4.78 is 38.2. The molecule has 28 heavy (non-hydrogen) atoms. The number of alkyl halides is 2. The van der Waals surface area contributed by atoms with E-state index in [4.69, 9.17) is 20.8 Å². The van der Waals surface area contributed by atoms with Crippen LogP contribution in [0.15, 0.2) is 41.0 Å². The zero-order valence-electron chi connectivity index (χ0n) is 14.2. The van der Waals surface area contributed by atoms with Gasteiger partial charge in [-0.2, -0.15) is 8.78 Å². The summed E-state index contributed by atoms with van der Waals surface area (Å²) in [6.07, 6.45) is 1.19. The van der Waals surface area contributed by atoms with Gasteiger partial charge in [-0.15, -0.1) is 0 Å². The van der Waals surface area contributed by atoms with E-state index in [1.807, 2.05) is 0 Å². The lowest BCUT2D eigenvalue weighted by molar-refractivity contribution is -0.147. The number of amides is 2. The molecule has 0 aliphatic heterocycles. The first-order valence-corrected chi connectivity index (χ1v) is 8.24. The monoisotopic (exact) mass is 416 g/mol. The van der Waals surface area contributed by atoms with Crippen LogP contribution in [-0.4, -0.2) is 37.5 Å². The molecule has 0 bridgehead atoms. The van der Waals surface area contributed by atoms with Gasteiger partial charge in [-0.05, 0) is 30.3 Å². The first kappa shape index (κ1) is 21.2. The lowest BCUT2D eigenvalue weighted by atomic mass is 10.3. The predicted molar refractivity (Wildman–Crippen MR) is 93.3 cm³/mol. The molecule has 2 amide bonds. The van der Waals surface area contributed by atoms with Crippen LogP contribution in [0.5, 0.6) is 5.75 Å². The van der Waals surface area contributed by atoms with Gasteiger partial charge in [-0.25, -0.2) is 0 Å². The lowest BCUT2D eigenvalue weighted by Crippen LogP contribution is -2.27. The molecule has 1 aromatic carbocycles. The summed E-state index contributed by atoms with van der Waals surface area (Å²) in [6, 6.07) is 6.69. The van der Waals surface area contributed by atoms with E-state index in [0.29, 0.717) is 0 Å². The molecular formula is C17H15ClF2N2O6. The van der Waals surface area contributed by atoms with Crippen LogP contribution in [-0.2, 0) is 14.3 Å². The van der Waals surface area contributed by atoms with Crippen LogP contribution in [0.25, 0.3) is 0 Å². The molecule has 2 N–H and O–H groups in total. The molecule has 0 aliphatic carbocycles. The van der Waals surface area contributed by atoms with Crippen LogP contribution in [0.2, 0.25) is 5.02 Å². The summed E-state index contributed by atoms with van der Waals surface area (Å²) in [4.78, 5) is 34.9. The minimum Gasteiger partial charge on any atom is -0.459 e. The second-order valence-corrected chi connectivity index (χ2v) is 5.62. The number of carbonyl (C=O) groups is 3. The number of ether oxygens (including phenoxy) is 2. The third kappa shape index (κ3) is 6.88. The fourth-order valence-electron chi connectivity index (χ4n) is 1.96. The van der Waals surface area contributed by atoms with Crippen molar-refractivity contribution < 1.29 is 37.1 Å². The van der Waals surface area contributed by atoms with E-state index in [1.165, 1.54) is 24.5 Å². The van der Waals surface area contributed by atoms with E-state index < -0.39 is 31.0 Å². The van der Waals surface area contributed by atoms with Gasteiger partial charge >= 0.3 is 12.6 Å². The van der Waals surface area contributed by atoms with Crippen molar-refractivity contribution in [2.45, 2.75) is 13.0 Å². The summed E-state index contributed by atoms with van der Waals surface area (Å²) in [5.41, 5.74) is 0.207. The highest BCUT2D eigenvalue weighted by atomic mass is 35.5. The van der Waals surface area contributed by atoms with Crippen molar-refractivity contribution in [2.75, 3.05) is 18.5 Å². The Hall–Kier alpha value is -3.14. The highest BCUT2D eigenvalue weighted by Gasteiger charge is 2.13. The number of rotatable bonds is 9. The largest absolute Gasteiger partial charge is 0.459 e. The van der Waals surface area contributed by atoms with Gasteiger partial charge < -0.3 is 24.5 Å². The van der Waals surface area contributed by atoms with Gasteiger partial charge in [0.1, 0.15) is 5.75 Å². The number of carbonyl (C=O) groups excluding carboxylic acids is 3. The van der Waals surface area contributed by atoms with Crippen LogP contribution in [0.3, 0.4) is 0 Å². The lowest BCUT2D eigenvalue weighted by Gasteiger charge is -2.10. The van der Waals surface area contributed by atoms with E-state index in [0.717, 1.165) is 6.07 Å². The highest BCUT2D eigenvalue weighted by molar-refractivity contribution is 6.32. The standard InChI is InChI=1S/C17H15ClF2N2O6/c18-11-8-10(3-4-12(11)28-17(19)20)22-14(23)9-27-15(24)5-6-21-16(25)13-2-1-7-26-13/h1-4,7-8,17H,5-6,9H2,(H,21,25)(H,22,23). The van der Waals surface area contributed by atoms with Crippen molar-refractivity contribution in [1.82, 2.24) is 5.32 Å². The van der Waals surface area contributed by atoms with Gasteiger partial charge in [0.2, 0.25) is 0 Å². The summed E-state index contributed by atoms with van der Waals surface area (Å²) in [6.45, 7) is -3.60. The molecule has 0 saturated carbocycles. The molecule has 0 unspecified atom stereocenters. The number of furan rings is 1. The fourth-order valence-corrected chi connectivity index (χ4v) is 2.18. The SMILES string of the molecule is O=C(COC(=O)CCNC(=O)c1ccco1)Nc1ccc(OC(F)F)c(Cl)c1. The van der Waals surface area contributed by atoms with Crippen LogP contribution in [0, 0.1) is 0 Å². The summed E-state index contributed by atoms with van der Waals surface area (Å²) in [5, 5.41) is 4.72. The van der Waals surface area contributed by atoms with Crippen molar-refractivity contribution in [2.24, 2.45) is 0 Å². The van der Waals surface area contributed by atoms with Gasteiger partial charge in [0.05, 0.1) is 17.7 Å². The molecular weight excluding hydrogens is 402 g/mol. The minimum atomic E-state index is -3.03. The van der Waals surface area contributed by atoms with Crippen molar-refractivity contribution in [3.63, 3.8) is 0 Å². The maximum atomic E-state index is 12.2. The zero-order valence-corrected chi connectivity index (χ0v) is 15.0. The van der Waals surface area contributed by atoms with Crippen LogP contribution >= 0.6 is 11.6 Å². The third-order valence-electron chi connectivity index (χ3n) is 3.16. The van der Waals surface area contributed by atoms with Gasteiger partial charge in [-0.3, -0.25) is 14.4 Å². The average molecular weight is 417 g/mol. The van der Waals surface area contributed by atoms with Gasteiger partial charge in [0.25, 0.3) is 11.8 Å². The molecule has 1 heterocycles. The Morgan fingerprint density at radius 3 is 2.64 bits per heavy atom. The van der Waals surface area contributed by atoms with E-state index in [-0.39, 0.29) is 35.2 Å². The molecule has 2 aromatic rings. The number of hydrogen-bond donors (Lipinski definition) is 2. The average Bonchev–Trinajstić information content (AvgIpc) is 3.17. The quantitative estimate of drug-likeness (QED) is 0.609. The van der Waals surface area contributed by atoms with E-state index >= 15 is 0 Å². The van der Waals surface area contributed by atoms with Crippen molar-refractivity contribution in [1.29, 1.82) is 0 Å². The van der Waals surface area contributed by atoms with Crippen LogP contribution < -0.4 is 15.4 Å². The first-order valence-electron chi connectivity index (χ1n) is 7.86. The molecule has 1 aromatic heterocycles. The molecule has 11 heteroatoms. The predicted octanol–water partition coefficient (Wildman–Crippen LogP) is 2.84. The highest BCUT2D eigenvalue weighted by Crippen LogP contribution is 2.28. The number of nitrogens with one attached hydrogen (secondary N) is 2. The van der Waals surface area contributed by atoms with Crippen molar-refractivity contribution in [3.8, 4) is 5.75 Å². The molecule has 0 spiro atoms. The molecule has 0 radical (unpaired) electrons. The molecule has 0 fully saturated rings. The molecule has 0 saturated heterocycles. The Bertz CT molecular complexity index is 829. The Morgan fingerprint density at radius 2 is 2.00 bits per heavy atom. The number of esters is 1. The number of hydrogen-bond acceptors (Lipinski definition) is 6. The molecule has 2 rings (SSSR count). The molecule has 8 nitrogen and oxygen atoms in total. The number of halogens is 3. The maximum absolute atomic E-state index is 12.2. The van der Waals surface area contributed by atoms with E-state index in [1.54, 1.807) is 6.07 Å². The number of anilines is 1. The Morgan fingerprint density at radius 1 is 1.21 bits per heavy atom. The van der Waals surface area contributed by atoms with Crippen LogP contribution in [0.1, 0.15) is 17.0 Å². The second-order valence-electron chi connectivity index (χ2n) is 5.22. The van der Waals surface area contributed by atoms with Crippen LogP contribution in [0.4, 0.5) is 14.5 Å². The zero-order chi connectivity index (χ0) is 20.5. The maximum Gasteiger partial charge on any atom is 0.387 e. The Kier molecular flexibility index (Phi) is 7.76. The van der Waals surface area contributed by atoms with Gasteiger partial charge in [-0.1, -0.05) is 11.6 Å². The fraction of sp³-hybridized carbons (Fsp3) is 0.235. The summed E-state index contributed by atoms with van der Waals surface area (Å²) >= 11 is 5.77. The smallest absolute Gasteiger partial charge is 0.387 e. The van der Waals surface area contributed by atoms with Crippen molar-refractivity contribution >= 4 is 35.1 Å². The topological polar surface area (TPSA) is 107 Å². The molecule has 150 valence electrons. The Balaban J connectivity index is 1.69.